The summed E-state index contributed by atoms with van der Waals surface area (Å²) in [5.74, 6) is -2.22. The van der Waals surface area contributed by atoms with Crippen molar-refractivity contribution in [2.75, 3.05) is 5.75 Å². The van der Waals surface area contributed by atoms with Crippen LogP contribution in [0.4, 0.5) is 13.2 Å². The van der Waals surface area contributed by atoms with Gasteiger partial charge in [0.2, 0.25) is 0 Å². The second-order valence-electron chi connectivity index (χ2n) is 3.67. The lowest BCUT2D eigenvalue weighted by Gasteiger charge is -2.07. The molecular weight excluding hydrogens is 269 g/mol. The number of benzene rings is 1. The van der Waals surface area contributed by atoms with Gasteiger partial charge in [-0.05, 0) is 18.6 Å². The van der Waals surface area contributed by atoms with Gasteiger partial charge in [-0.1, -0.05) is 19.1 Å². The van der Waals surface area contributed by atoms with Crippen molar-refractivity contribution in [2.24, 2.45) is 0 Å². The molecule has 3 nitrogen and oxygen atoms in total. The molecule has 100 valence electrons. The van der Waals surface area contributed by atoms with Crippen LogP contribution in [0.25, 0.3) is 0 Å². The van der Waals surface area contributed by atoms with Gasteiger partial charge in [0.15, 0.2) is 9.84 Å². The van der Waals surface area contributed by atoms with E-state index in [2.05, 4.69) is 0 Å². The van der Waals surface area contributed by atoms with Crippen molar-refractivity contribution in [1.82, 2.24) is 0 Å². The quantitative estimate of drug-likeness (QED) is 0.797. The van der Waals surface area contributed by atoms with Gasteiger partial charge in [-0.3, -0.25) is 4.79 Å². The Bertz CT molecular complexity index is 547. The van der Waals surface area contributed by atoms with Crippen molar-refractivity contribution in [3.05, 3.63) is 29.8 Å². The summed E-state index contributed by atoms with van der Waals surface area (Å²) in [6.45, 7) is 1.64. The zero-order chi connectivity index (χ0) is 14.0. The highest BCUT2D eigenvalue weighted by Crippen LogP contribution is 2.23. The fourth-order valence-corrected chi connectivity index (χ4v) is 2.75. The maximum Gasteiger partial charge on any atom is 0.454 e. The van der Waals surface area contributed by atoms with Crippen molar-refractivity contribution in [1.29, 1.82) is 0 Å². The zero-order valence-corrected chi connectivity index (χ0v) is 10.3. The van der Waals surface area contributed by atoms with E-state index in [-0.39, 0.29) is 10.6 Å². The van der Waals surface area contributed by atoms with Gasteiger partial charge in [0, 0.05) is 5.56 Å². The molecule has 0 fully saturated rings. The lowest BCUT2D eigenvalue weighted by atomic mass is 10.1. The molecule has 7 heteroatoms. The Balaban J connectivity index is 3.19. The summed E-state index contributed by atoms with van der Waals surface area (Å²) in [6.07, 6.45) is -4.66. The van der Waals surface area contributed by atoms with E-state index in [9.17, 15) is 26.4 Å². The topological polar surface area (TPSA) is 51.2 Å². The van der Waals surface area contributed by atoms with Gasteiger partial charge < -0.3 is 0 Å². The molecule has 0 atom stereocenters. The molecule has 1 aromatic carbocycles. The summed E-state index contributed by atoms with van der Waals surface area (Å²) >= 11 is 0. The third-order valence-electron chi connectivity index (χ3n) is 2.19. The number of alkyl halides is 3. The maximum absolute atomic E-state index is 12.2. The summed E-state index contributed by atoms with van der Waals surface area (Å²) < 4.78 is 60.0. The largest absolute Gasteiger partial charge is 0.454 e. The minimum absolute atomic E-state index is 0.170. The van der Waals surface area contributed by atoms with E-state index < -0.39 is 27.4 Å². The number of rotatable bonds is 4. The third kappa shape index (κ3) is 3.32. The monoisotopic (exact) mass is 280 g/mol. The molecule has 18 heavy (non-hydrogen) atoms. The number of hydrogen-bond acceptors (Lipinski definition) is 3. The Morgan fingerprint density at radius 3 is 2.39 bits per heavy atom. The fraction of sp³-hybridized carbons (Fsp3) is 0.364. The summed E-state index contributed by atoms with van der Waals surface area (Å²) in [5, 5.41) is 0. The van der Waals surface area contributed by atoms with Gasteiger partial charge in [0.25, 0.3) is 5.78 Å². The second kappa shape index (κ2) is 5.09. The molecule has 0 aliphatic rings. The Morgan fingerprint density at radius 1 is 1.28 bits per heavy atom. The average Bonchev–Trinajstić information content (AvgIpc) is 2.27. The van der Waals surface area contributed by atoms with Crippen LogP contribution in [0.15, 0.2) is 29.2 Å². The van der Waals surface area contributed by atoms with Gasteiger partial charge in [0.1, 0.15) is 0 Å². The number of hydrogen-bond donors (Lipinski definition) is 0. The Morgan fingerprint density at radius 2 is 1.89 bits per heavy atom. The van der Waals surface area contributed by atoms with Crippen LogP contribution in [0.3, 0.4) is 0 Å². The molecule has 0 saturated heterocycles. The number of carbonyl (C=O) groups excluding carboxylic acids is 1. The van der Waals surface area contributed by atoms with Gasteiger partial charge >= 0.3 is 6.18 Å². The first-order chi connectivity index (χ1) is 8.18. The smallest absolute Gasteiger partial charge is 0.284 e. The Hall–Kier alpha value is -1.37. The molecule has 0 aliphatic heterocycles. The van der Waals surface area contributed by atoms with Crippen LogP contribution in [-0.4, -0.2) is 26.1 Å². The van der Waals surface area contributed by atoms with E-state index in [1.54, 1.807) is 6.92 Å². The highest BCUT2D eigenvalue weighted by molar-refractivity contribution is 7.91. The maximum atomic E-state index is 12.2. The zero-order valence-electron chi connectivity index (χ0n) is 9.49. The summed E-state index contributed by atoms with van der Waals surface area (Å²) in [7, 11) is -3.63. The van der Waals surface area contributed by atoms with Crippen LogP contribution in [0.5, 0.6) is 0 Å². The molecule has 1 rings (SSSR count). The van der Waals surface area contributed by atoms with Gasteiger partial charge in [-0.2, -0.15) is 13.2 Å². The van der Waals surface area contributed by atoms with Crippen molar-refractivity contribution >= 4 is 15.6 Å². The molecule has 0 aliphatic carbocycles. The Labute approximate surface area is 103 Å². The molecule has 0 amide bonds. The highest BCUT2D eigenvalue weighted by Gasteiger charge is 2.39. The van der Waals surface area contributed by atoms with E-state index in [1.807, 2.05) is 0 Å². The summed E-state index contributed by atoms with van der Waals surface area (Å²) in [6, 6.07) is 4.02. The minimum Gasteiger partial charge on any atom is -0.284 e. The second-order valence-corrected chi connectivity index (χ2v) is 5.78. The van der Waals surface area contributed by atoms with E-state index >= 15 is 0 Å². The van der Waals surface area contributed by atoms with E-state index in [0.717, 1.165) is 18.2 Å². The summed E-state index contributed by atoms with van der Waals surface area (Å²) in [4.78, 5) is 10.7. The van der Waals surface area contributed by atoms with E-state index in [4.69, 9.17) is 0 Å². The molecule has 1 aromatic rings. The average molecular weight is 280 g/mol. The fourth-order valence-electron chi connectivity index (χ4n) is 1.38. The first-order valence-electron chi connectivity index (χ1n) is 5.13. The molecule has 0 aromatic heterocycles. The first-order valence-corrected chi connectivity index (χ1v) is 6.78. The predicted molar refractivity (Wildman–Crippen MR) is 59.2 cm³/mol. The van der Waals surface area contributed by atoms with Crippen LogP contribution in [0, 0.1) is 0 Å². The number of carbonyl (C=O) groups is 1. The molecule has 0 radical (unpaired) electrons. The lowest BCUT2D eigenvalue weighted by molar-refractivity contribution is -0.0885. The molecular formula is C11H11F3O3S. The normalized spacial score (nSPS) is 12.4. The van der Waals surface area contributed by atoms with E-state index in [1.165, 1.54) is 6.07 Å². The SMILES string of the molecule is CCCS(=O)(=O)c1cccc(C(=O)C(F)(F)F)c1. The lowest BCUT2D eigenvalue weighted by Crippen LogP contribution is -2.23. The van der Waals surface area contributed by atoms with Crippen molar-refractivity contribution in [3.8, 4) is 0 Å². The summed E-state index contributed by atoms with van der Waals surface area (Å²) in [5.41, 5.74) is -0.667. The standard InChI is InChI=1S/C11H11F3O3S/c1-2-6-18(16,17)9-5-3-4-8(7-9)10(15)11(12,13)14/h3-5,7H,2,6H2,1H3. The van der Waals surface area contributed by atoms with Crippen LogP contribution in [0.2, 0.25) is 0 Å². The van der Waals surface area contributed by atoms with Gasteiger partial charge in [0.05, 0.1) is 10.6 Å². The molecule has 0 spiro atoms. The molecule has 0 bridgehead atoms. The third-order valence-corrected chi connectivity index (χ3v) is 4.10. The van der Waals surface area contributed by atoms with Crippen molar-refractivity contribution in [3.63, 3.8) is 0 Å². The predicted octanol–water partition coefficient (Wildman–Crippen LogP) is 2.62. The molecule has 0 saturated carbocycles. The van der Waals surface area contributed by atoms with Gasteiger partial charge in [-0.25, -0.2) is 8.42 Å². The van der Waals surface area contributed by atoms with Crippen LogP contribution in [-0.2, 0) is 9.84 Å². The van der Waals surface area contributed by atoms with Crippen molar-refractivity contribution < 1.29 is 26.4 Å². The number of ketones is 1. The van der Waals surface area contributed by atoms with Gasteiger partial charge in [-0.15, -0.1) is 0 Å². The Kier molecular flexibility index (Phi) is 4.16. The molecule has 0 N–H and O–H groups in total. The van der Waals surface area contributed by atoms with Crippen LogP contribution in [0.1, 0.15) is 23.7 Å². The molecule has 0 unspecified atom stereocenters. The minimum atomic E-state index is -5.01. The van der Waals surface area contributed by atoms with Crippen LogP contribution < -0.4 is 0 Å². The number of halogens is 3. The first kappa shape index (κ1) is 14.7. The molecule has 0 heterocycles. The van der Waals surface area contributed by atoms with Crippen molar-refractivity contribution in [2.45, 2.75) is 24.4 Å². The highest BCUT2D eigenvalue weighted by atomic mass is 32.2. The number of sulfone groups is 1. The van der Waals surface area contributed by atoms with E-state index in [0.29, 0.717) is 6.42 Å². The number of Topliss-reactive ketones (excluding diaryl/α,β-unsaturated/α-hetero) is 1. The van der Waals surface area contributed by atoms with Crippen LogP contribution >= 0.6 is 0 Å².